The van der Waals surface area contributed by atoms with E-state index in [1.165, 1.54) is 25.3 Å². The molecule has 9 nitrogen and oxygen atoms in total. The molecule has 3 aromatic rings. The van der Waals surface area contributed by atoms with Crippen LogP contribution in [0.15, 0.2) is 51.9 Å². The Balaban J connectivity index is 1.78. The first-order valence-electron chi connectivity index (χ1n) is 9.58. The summed E-state index contributed by atoms with van der Waals surface area (Å²) in [6.45, 7) is 5.34. The molecule has 31 heavy (non-hydrogen) atoms. The second-order valence-electron chi connectivity index (χ2n) is 7.14. The number of methoxy groups -OCH3 is 1. The molecule has 2 N–H and O–H groups in total. The molecule has 164 valence electrons. The summed E-state index contributed by atoms with van der Waals surface area (Å²) in [7, 11) is -2.53. The standard InChI is InChI=1S/C21H24N4O5S/c1-13(2)23-21(26)17-11-15(9-10-18(17)29-4)31(27,28)22-12-19-24-20(25-30-19)16-8-6-5-7-14(16)3/h5-11,13,22H,12H2,1-4H3,(H,23,26). The van der Waals surface area contributed by atoms with Crippen molar-refractivity contribution in [1.29, 1.82) is 0 Å². The van der Waals surface area contributed by atoms with Gasteiger partial charge in [0.15, 0.2) is 0 Å². The monoisotopic (exact) mass is 444 g/mol. The summed E-state index contributed by atoms with van der Waals surface area (Å²) in [6, 6.07) is 11.5. The number of amides is 1. The third kappa shape index (κ3) is 5.28. The summed E-state index contributed by atoms with van der Waals surface area (Å²) < 4.78 is 38.3. The Kier molecular flexibility index (Phi) is 6.71. The van der Waals surface area contributed by atoms with Crippen LogP contribution in [0, 0.1) is 6.92 Å². The number of ether oxygens (including phenoxy) is 1. The molecule has 0 unspecified atom stereocenters. The van der Waals surface area contributed by atoms with E-state index >= 15 is 0 Å². The lowest BCUT2D eigenvalue weighted by molar-refractivity contribution is 0.0940. The van der Waals surface area contributed by atoms with Crippen molar-refractivity contribution in [3.05, 3.63) is 59.5 Å². The summed E-state index contributed by atoms with van der Waals surface area (Å²) in [5, 5.41) is 6.64. The minimum Gasteiger partial charge on any atom is -0.496 e. The minimum absolute atomic E-state index is 0.0825. The minimum atomic E-state index is -3.94. The molecule has 1 heterocycles. The summed E-state index contributed by atoms with van der Waals surface area (Å²) in [5.41, 5.74) is 1.90. The Morgan fingerprint density at radius 1 is 1.19 bits per heavy atom. The van der Waals surface area contributed by atoms with E-state index in [0.717, 1.165) is 11.1 Å². The number of aryl methyl sites for hydroxylation is 1. The van der Waals surface area contributed by atoms with E-state index in [9.17, 15) is 13.2 Å². The highest BCUT2D eigenvalue weighted by atomic mass is 32.2. The Morgan fingerprint density at radius 2 is 1.94 bits per heavy atom. The maximum atomic E-state index is 12.8. The third-order valence-corrected chi connectivity index (χ3v) is 5.81. The first-order chi connectivity index (χ1) is 14.7. The topological polar surface area (TPSA) is 123 Å². The van der Waals surface area contributed by atoms with Crippen molar-refractivity contribution in [3.63, 3.8) is 0 Å². The average molecular weight is 445 g/mol. The molecule has 2 aromatic carbocycles. The molecule has 0 aliphatic heterocycles. The quantitative estimate of drug-likeness (QED) is 0.547. The van der Waals surface area contributed by atoms with Gasteiger partial charge in [0.1, 0.15) is 5.75 Å². The molecular formula is C21H24N4O5S. The Hall–Kier alpha value is -3.24. The van der Waals surface area contributed by atoms with Crippen molar-refractivity contribution >= 4 is 15.9 Å². The zero-order chi connectivity index (χ0) is 22.6. The lowest BCUT2D eigenvalue weighted by Crippen LogP contribution is -2.31. The Morgan fingerprint density at radius 3 is 2.61 bits per heavy atom. The summed E-state index contributed by atoms with van der Waals surface area (Å²) in [5.74, 6) is 0.345. The summed E-state index contributed by atoms with van der Waals surface area (Å²) in [6.07, 6.45) is 0. The third-order valence-electron chi connectivity index (χ3n) is 4.41. The molecule has 3 rings (SSSR count). The van der Waals surface area contributed by atoms with Crippen LogP contribution in [0.4, 0.5) is 0 Å². The maximum absolute atomic E-state index is 12.8. The number of hydrogen-bond donors (Lipinski definition) is 2. The molecule has 1 amide bonds. The zero-order valence-electron chi connectivity index (χ0n) is 17.7. The Bertz CT molecular complexity index is 1190. The van der Waals surface area contributed by atoms with Crippen molar-refractivity contribution in [3.8, 4) is 17.1 Å². The van der Waals surface area contributed by atoms with Crippen molar-refractivity contribution in [2.45, 2.75) is 38.3 Å². The van der Waals surface area contributed by atoms with E-state index < -0.39 is 15.9 Å². The number of hydrogen-bond acceptors (Lipinski definition) is 7. The SMILES string of the molecule is COc1ccc(S(=O)(=O)NCc2nc(-c3ccccc3C)no2)cc1C(=O)NC(C)C. The Labute approximate surface area is 180 Å². The number of benzene rings is 2. The van der Waals surface area contributed by atoms with Crippen molar-refractivity contribution in [2.75, 3.05) is 7.11 Å². The van der Waals surface area contributed by atoms with Crippen molar-refractivity contribution in [2.24, 2.45) is 0 Å². The highest BCUT2D eigenvalue weighted by molar-refractivity contribution is 7.89. The van der Waals surface area contributed by atoms with Crippen molar-refractivity contribution in [1.82, 2.24) is 20.2 Å². The first-order valence-corrected chi connectivity index (χ1v) is 11.1. The smallest absolute Gasteiger partial charge is 0.255 e. The van der Waals surface area contributed by atoms with Crippen LogP contribution in [0.3, 0.4) is 0 Å². The molecule has 0 saturated carbocycles. The molecule has 0 saturated heterocycles. The predicted molar refractivity (Wildman–Crippen MR) is 114 cm³/mol. The number of sulfonamides is 1. The van der Waals surface area contributed by atoms with Crippen LogP contribution in [-0.4, -0.2) is 37.6 Å². The largest absolute Gasteiger partial charge is 0.496 e. The van der Waals surface area contributed by atoms with Gasteiger partial charge in [-0.05, 0) is 44.5 Å². The molecule has 0 bridgehead atoms. The predicted octanol–water partition coefficient (Wildman–Crippen LogP) is 2.67. The van der Waals surface area contributed by atoms with Crippen LogP contribution < -0.4 is 14.8 Å². The van der Waals surface area contributed by atoms with Gasteiger partial charge in [-0.2, -0.15) is 4.98 Å². The van der Waals surface area contributed by atoms with Crippen LogP contribution >= 0.6 is 0 Å². The van der Waals surface area contributed by atoms with Crippen LogP contribution in [0.5, 0.6) is 5.75 Å². The molecule has 0 aliphatic carbocycles. The van der Waals surface area contributed by atoms with Gasteiger partial charge in [-0.15, -0.1) is 0 Å². The number of rotatable bonds is 8. The van der Waals surface area contributed by atoms with E-state index in [2.05, 4.69) is 20.2 Å². The first kappa shape index (κ1) is 22.4. The van der Waals surface area contributed by atoms with E-state index in [0.29, 0.717) is 5.82 Å². The van der Waals surface area contributed by atoms with Gasteiger partial charge in [0, 0.05) is 11.6 Å². The second kappa shape index (κ2) is 9.27. The maximum Gasteiger partial charge on any atom is 0.255 e. The van der Waals surface area contributed by atoms with E-state index in [4.69, 9.17) is 9.26 Å². The fourth-order valence-corrected chi connectivity index (χ4v) is 3.87. The summed E-state index contributed by atoms with van der Waals surface area (Å²) >= 11 is 0. The average Bonchev–Trinajstić information content (AvgIpc) is 3.20. The number of nitrogens with zero attached hydrogens (tertiary/aromatic N) is 2. The fourth-order valence-electron chi connectivity index (χ4n) is 2.87. The lowest BCUT2D eigenvalue weighted by atomic mass is 10.1. The van der Waals surface area contributed by atoms with Gasteiger partial charge in [0.25, 0.3) is 5.91 Å². The van der Waals surface area contributed by atoms with Gasteiger partial charge in [-0.1, -0.05) is 29.4 Å². The number of carbonyl (C=O) groups excluding carboxylic acids is 1. The molecule has 0 atom stereocenters. The van der Waals surface area contributed by atoms with E-state index in [-0.39, 0.29) is 34.7 Å². The second-order valence-corrected chi connectivity index (χ2v) is 8.91. The molecule has 0 fully saturated rings. The van der Waals surface area contributed by atoms with Crippen LogP contribution in [0.1, 0.15) is 35.7 Å². The van der Waals surface area contributed by atoms with Gasteiger partial charge in [0.2, 0.25) is 21.7 Å². The summed E-state index contributed by atoms with van der Waals surface area (Å²) in [4.78, 5) is 16.6. The fraction of sp³-hybridized carbons (Fsp3) is 0.286. The normalized spacial score (nSPS) is 11.5. The highest BCUT2D eigenvalue weighted by Crippen LogP contribution is 2.23. The number of nitrogens with one attached hydrogen (secondary N) is 2. The van der Waals surface area contributed by atoms with Crippen LogP contribution in [0.25, 0.3) is 11.4 Å². The van der Waals surface area contributed by atoms with E-state index in [1.54, 1.807) is 0 Å². The van der Waals surface area contributed by atoms with Gasteiger partial charge < -0.3 is 14.6 Å². The van der Waals surface area contributed by atoms with E-state index in [1.807, 2.05) is 45.0 Å². The number of aromatic nitrogens is 2. The molecule has 0 radical (unpaired) electrons. The van der Waals surface area contributed by atoms with Gasteiger partial charge in [-0.3, -0.25) is 4.79 Å². The van der Waals surface area contributed by atoms with Crippen LogP contribution in [0.2, 0.25) is 0 Å². The highest BCUT2D eigenvalue weighted by Gasteiger charge is 2.21. The molecule has 10 heteroatoms. The van der Waals surface area contributed by atoms with Gasteiger partial charge in [0.05, 0.1) is 24.1 Å². The van der Waals surface area contributed by atoms with Crippen LogP contribution in [-0.2, 0) is 16.6 Å². The van der Waals surface area contributed by atoms with Crippen molar-refractivity contribution < 1.29 is 22.5 Å². The molecule has 0 spiro atoms. The molecule has 0 aliphatic rings. The number of carbonyl (C=O) groups is 1. The van der Waals surface area contributed by atoms with Gasteiger partial charge in [-0.25, -0.2) is 13.1 Å². The molecule has 1 aromatic heterocycles. The zero-order valence-corrected chi connectivity index (χ0v) is 18.5. The lowest BCUT2D eigenvalue weighted by Gasteiger charge is -2.13. The molecular weight excluding hydrogens is 420 g/mol. The van der Waals surface area contributed by atoms with Gasteiger partial charge >= 0.3 is 0 Å².